The van der Waals surface area contributed by atoms with Crippen LogP contribution in [0.1, 0.15) is 43.4 Å². The van der Waals surface area contributed by atoms with E-state index in [4.69, 9.17) is 0 Å². The Balaban J connectivity index is 1.58. The largest absolute Gasteiger partial charge is 0.347 e. The third kappa shape index (κ3) is 2.86. The lowest BCUT2D eigenvalue weighted by Gasteiger charge is -2.23. The number of hydrogen-bond acceptors (Lipinski definition) is 2. The lowest BCUT2D eigenvalue weighted by atomic mass is 9.83. The predicted molar refractivity (Wildman–Crippen MR) is 104 cm³/mol. The van der Waals surface area contributed by atoms with E-state index in [-0.39, 0.29) is 11.2 Å². The Morgan fingerprint density at radius 3 is 2.65 bits per heavy atom. The van der Waals surface area contributed by atoms with E-state index in [1.54, 1.807) is 0 Å². The smallest absolute Gasteiger partial charge is 0.222 e. The van der Waals surface area contributed by atoms with Gasteiger partial charge in [-0.2, -0.15) is 4.57 Å². The van der Waals surface area contributed by atoms with Crippen LogP contribution in [0.15, 0.2) is 54.5 Å². The summed E-state index contributed by atoms with van der Waals surface area (Å²) in [5.74, 6) is 0.147. The molecule has 0 N–H and O–H groups in total. The van der Waals surface area contributed by atoms with Crippen molar-refractivity contribution in [3.05, 3.63) is 71.2 Å². The quantitative estimate of drug-likeness (QED) is 0.624. The number of allylic oxidation sites excluding steroid dienone is 2. The number of pyridine rings is 1. The van der Waals surface area contributed by atoms with Gasteiger partial charge in [-0.25, -0.2) is 0 Å². The highest BCUT2D eigenvalue weighted by molar-refractivity contribution is 5.91. The van der Waals surface area contributed by atoms with E-state index in [9.17, 15) is 4.79 Å². The Labute approximate surface area is 156 Å². The molecule has 3 nitrogen and oxygen atoms in total. The Morgan fingerprint density at radius 1 is 1.15 bits per heavy atom. The fraction of sp³-hybridized carbons (Fsp3) is 0.391. The second-order valence-corrected chi connectivity index (χ2v) is 8.07. The molecule has 1 aliphatic heterocycles. The van der Waals surface area contributed by atoms with Crippen LogP contribution in [0.5, 0.6) is 0 Å². The molecule has 1 aliphatic carbocycles. The summed E-state index contributed by atoms with van der Waals surface area (Å²) >= 11 is 0. The van der Waals surface area contributed by atoms with Gasteiger partial charge >= 0.3 is 0 Å². The van der Waals surface area contributed by atoms with Gasteiger partial charge in [-0.15, -0.1) is 0 Å². The highest BCUT2D eigenvalue weighted by Crippen LogP contribution is 2.46. The van der Waals surface area contributed by atoms with Crippen LogP contribution in [0.2, 0.25) is 0 Å². The maximum atomic E-state index is 12.8. The molecule has 0 radical (unpaired) electrons. The number of ketones is 1. The van der Waals surface area contributed by atoms with Gasteiger partial charge in [-0.1, -0.05) is 32.0 Å². The normalized spacial score (nSPS) is 19.3. The van der Waals surface area contributed by atoms with Gasteiger partial charge in [0.15, 0.2) is 12.4 Å². The number of hydrogen-bond donors (Lipinski definition) is 0. The number of rotatable bonds is 3. The number of fused-ring (bicyclic) bond motifs is 2. The van der Waals surface area contributed by atoms with Crippen molar-refractivity contribution in [1.82, 2.24) is 0 Å². The van der Waals surface area contributed by atoms with E-state index in [0.717, 1.165) is 12.1 Å². The molecule has 2 heterocycles. The number of carbonyl (C=O) groups is 1. The molecule has 0 saturated heterocycles. The molecule has 26 heavy (non-hydrogen) atoms. The van der Waals surface area contributed by atoms with Crippen molar-refractivity contribution in [2.24, 2.45) is 0 Å². The molecule has 0 unspecified atom stereocenters. The van der Waals surface area contributed by atoms with Crippen LogP contribution in [0.25, 0.3) is 0 Å². The molecule has 0 atom stereocenters. The summed E-state index contributed by atoms with van der Waals surface area (Å²) in [5, 5.41) is 0. The van der Waals surface area contributed by atoms with Crippen molar-refractivity contribution in [3.63, 3.8) is 0 Å². The lowest BCUT2D eigenvalue weighted by molar-refractivity contribution is -0.684. The standard InChI is InChI=1S/C23H27N2O/c1-23(2)20-10-6-7-11-21(20)24(3)22(23)14-19(26)16-25-13-12-17-8-4-5-9-18(17)15-25/h6-7,10-15H,4-5,8-9,16H2,1-3H3/q+1. The number of anilines is 1. The fourth-order valence-corrected chi connectivity index (χ4v) is 4.45. The first kappa shape index (κ1) is 17.0. The highest BCUT2D eigenvalue weighted by atomic mass is 16.1. The number of benzene rings is 1. The Bertz CT molecular complexity index is 895. The second kappa shape index (κ2) is 6.39. The summed E-state index contributed by atoms with van der Waals surface area (Å²) in [6.45, 7) is 4.79. The fourth-order valence-electron chi connectivity index (χ4n) is 4.45. The summed E-state index contributed by atoms with van der Waals surface area (Å²) in [4.78, 5) is 15.0. The van der Waals surface area contributed by atoms with Crippen LogP contribution in [0.4, 0.5) is 5.69 Å². The van der Waals surface area contributed by atoms with Gasteiger partial charge in [0.2, 0.25) is 12.3 Å². The van der Waals surface area contributed by atoms with Crippen molar-refractivity contribution in [1.29, 1.82) is 0 Å². The molecular formula is C23H27N2O+. The topological polar surface area (TPSA) is 24.2 Å². The van der Waals surface area contributed by atoms with Crippen molar-refractivity contribution in [2.75, 3.05) is 11.9 Å². The van der Waals surface area contributed by atoms with Gasteiger partial charge in [0.05, 0.1) is 0 Å². The maximum Gasteiger partial charge on any atom is 0.222 e. The van der Waals surface area contributed by atoms with Gasteiger partial charge in [-0.3, -0.25) is 4.79 Å². The summed E-state index contributed by atoms with van der Waals surface area (Å²) in [7, 11) is 2.05. The Kier molecular flexibility index (Phi) is 4.18. The molecular weight excluding hydrogens is 320 g/mol. The van der Waals surface area contributed by atoms with Gasteiger partial charge in [-0.05, 0) is 42.9 Å². The van der Waals surface area contributed by atoms with Crippen molar-refractivity contribution < 1.29 is 9.36 Å². The van der Waals surface area contributed by atoms with E-state index < -0.39 is 0 Å². The first-order valence-corrected chi connectivity index (χ1v) is 9.56. The van der Waals surface area contributed by atoms with Gasteiger partial charge in [0.25, 0.3) is 0 Å². The highest BCUT2D eigenvalue weighted by Gasteiger charge is 2.38. The molecule has 0 spiro atoms. The molecule has 3 heteroatoms. The predicted octanol–water partition coefficient (Wildman–Crippen LogP) is 3.73. The van der Waals surface area contributed by atoms with Gasteiger partial charge < -0.3 is 4.90 Å². The van der Waals surface area contributed by atoms with Crippen molar-refractivity contribution in [2.45, 2.75) is 51.5 Å². The van der Waals surface area contributed by atoms with Crippen molar-refractivity contribution >= 4 is 11.5 Å². The number of nitrogens with zero attached hydrogens (tertiary/aromatic N) is 2. The molecule has 0 saturated carbocycles. The van der Waals surface area contributed by atoms with Crippen LogP contribution >= 0.6 is 0 Å². The molecule has 2 aromatic rings. The van der Waals surface area contributed by atoms with E-state index in [2.05, 4.69) is 68.5 Å². The summed E-state index contributed by atoms with van der Waals surface area (Å²) < 4.78 is 2.04. The first-order chi connectivity index (χ1) is 12.5. The molecule has 134 valence electrons. The number of likely N-dealkylation sites (N-methyl/N-ethyl adjacent to an activating group) is 1. The second-order valence-electron chi connectivity index (χ2n) is 8.07. The van der Waals surface area contributed by atoms with Crippen molar-refractivity contribution in [3.8, 4) is 0 Å². The summed E-state index contributed by atoms with van der Waals surface area (Å²) in [6.07, 6.45) is 10.9. The van der Waals surface area contributed by atoms with Gasteiger partial charge in [0, 0.05) is 41.6 Å². The average molecular weight is 347 g/mol. The zero-order valence-corrected chi connectivity index (χ0v) is 16.0. The summed E-state index contributed by atoms with van der Waals surface area (Å²) in [5.41, 5.74) is 6.25. The molecule has 0 fully saturated rings. The van der Waals surface area contributed by atoms with Crippen LogP contribution in [-0.2, 0) is 29.6 Å². The SMILES string of the molecule is CN1C(=CC(=O)C[n+]2ccc3c(c2)CCCC3)C(C)(C)c2ccccc21. The van der Waals surface area contributed by atoms with E-state index in [0.29, 0.717) is 6.54 Å². The van der Waals surface area contributed by atoms with Crippen LogP contribution in [-0.4, -0.2) is 12.8 Å². The minimum atomic E-state index is -0.151. The first-order valence-electron chi connectivity index (χ1n) is 9.56. The maximum absolute atomic E-state index is 12.8. The van der Waals surface area contributed by atoms with Gasteiger partial charge in [0.1, 0.15) is 0 Å². The number of aryl methyl sites for hydroxylation is 2. The minimum Gasteiger partial charge on any atom is -0.347 e. The molecule has 0 bridgehead atoms. The monoisotopic (exact) mass is 347 g/mol. The number of aromatic nitrogens is 1. The minimum absolute atomic E-state index is 0.147. The van der Waals surface area contributed by atoms with E-state index in [1.165, 1.54) is 41.6 Å². The zero-order chi connectivity index (χ0) is 18.3. The third-order valence-electron chi connectivity index (χ3n) is 5.92. The van der Waals surface area contributed by atoms with Crippen LogP contribution in [0, 0.1) is 0 Å². The molecule has 2 aliphatic rings. The van der Waals surface area contributed by atoms with Crippen LogP contribution in [0.3, 0.4) is 0 Å². The Morgan fingerprint density at radius 2 is 1.88 bits per heavy atom. The molecule has 0 amide bonds. The lowest BCUT2D eigenvalue weighted by Crippen LogP contribution is -2.38. The number of para-hydroxylation sites is 1. The molecule has 4 rings (SSSR count). The molecule has 1 aromatic carbocycles. The number of carbonyl (C=O) groups excluding carboxylic acids is 1. The van der Waals surface area contributed by atoms with E-state index >= 15 is 0 Å². The zero-order valence-electron chi connectivity index (χ0n) is 16.0. The third-order valence-corrected chi connectivity index (χ3v) is 5.92. The average Bonchev–Trinajstić information content (AvgIpc) is 2.83. The molecule has 1 aromatic heterocycles. The Hall–Kier alpha value is -2.42. The van der Waals surface area contributed by atoms with Crippen LogP contribution < -0.4 is 9.47 Å². The van der Waals surface area contributed by atoms with E-state index in [1.807, 2.05) is 10.6 Å². The summed E-state index contributed by atoms with van der Waals surface area (Å²) in [6, 6.07) is 10.6.